The van der Waals surface area contributed by atoms with Gasteiger partial charge < -0.3 is 4.40 Å². The summed E-state index contributed by atoms with van der Waals surface area (Å²) in [6.45, 7) is 0.140. The maximum atomic E-state index is 12.7. The van der Waals surface area contributed by atoms with Gasteiger partial charge in [-0.25, -0.2) is 4.98 Å². The van der Waals surface area contributed by atoms with Crippen molar-refractivity contribution in [2.45, 2.75) is 31.1 Å². The van der Waals surface area contributed by atoms with Gasteiger partial charge in [0.2, 0.25) is 0 Å². The van der Waals surface area contributed by atoms with E-state index in [0.29, 0.717) is 5.69 Å². The van der Waals surface area contributed by atoms with E-state index in [1.807, 2.05) is 24.4 Å². The topological polar surface area (TPSA) is 29.3 Å². The summed E-state index contributed by atoms with van der Waals surface area (Å²) in [5.41, 5.74) is -0.314. The molecule has 0 aliphatic heterocycles. The molecular weight excluding hydrogens is 243 g/mol. The van der Waals surface area contributed by atoms with E-state index in [2.05, 4.69) is 10.3 Å². The number of hydrogen-bond acceptors (Lipinski definition) is 2. The average Bonchev–Trinajstić information content (AvgIpc) is 3.00. The zero-order chi connectivity index (χ0) is 12.8. The van der Waals surface area contributed by atoms with E-state index in [0.717, 1.165) is 5.65 Å². The van der Waals surface area contributed by atoms with Gasteiger partial charge in [0.25, 0.3) is 0 Å². The number of nitrogens with one attached hydrogen (secondary N) is 1. The molecule has 1 fully saturated rings. The molecule has 0 amide bonds. The molecule has 3 nitrogen and oxygen atoms in total. The molecular formula is C12H12F3N3. The number of alkyl halides is 3. The van der Waals surface area contributed by atoms with Crippen molar-refractivity contribution in [1.82, 2.24) is 14.7 Å². The van der Waals surface area contributed by atoms with Gasteiger partial charge in [0.1, 0.15) is 11.2 Å². The van der Waals surface area contributed by atoms with Gasteiger partial charge >= 0.3 is 6.18 Å². The van der Waals surface area contributed by atoms with Crippen LogP contribution < -0.4 is 5.32 Å². The van der Waals surface area contributed by atoms with Gasteiger partial charge in [-0.2, -0.15) is 13.2 Å². The molecule has 1 N–H and O–H groups in total. The van der Waals surface area contributed by atoms with E-state index in [1.54, 1.807) is 10.6 Å². The predicted octanol–water partition coefficient (Wildman–Crippen LogP) is 2.52. The Morgan fingerprint density at radius 3 is 2.72 bits per heavy atom. The fourth-order valence-electron chi connectivity index (χ4n) is 2.02. The summed E-state index contributed by atoms with van der Waals surface area (Å²) in [6, 6.07) is 5.52. The molecule has 0 bridgehead atoms. The van der Waals surface area contributed by atoms with Crippen LogP contribution in [0.1, 0.15) is 18.5 Å². The lowest BCUT2D eigenvalue weighted by molar-refractivity contribution is -0.166. The van der Waals surface area contributed by atoms with Gasteiger partial charge in [0, 0.05) is 18.9 Å². The molecule has 1 aliphatic rings. The first-order chi connectivity index (χ1) is 8.50. The van der Waals surface area contributed by atoms with Gasteiger partial charge in [0.05, 0.1) is 5.69 Å². The molecule has 1 saturated carbocycles. The summed E-state index contributed by atoms with van der Waals surface area (Å²) in [4.78, 5) is 4.26. The maximum Gasteiger partial charge on any atom is 0.406 e. The van der Waals surface area contributed by atoms with E-state index < -0.39 is 11.7 Å². The zero-order valence-electron chi connectivity index (χ0n) is 9.54. The highest BCUT2D eigenvalue weighted by Crippen LogP contribution is 2.48. The van der Waals surface area contributed by atoms with Crippen LogP contribution in [-0.2, 0) is 6.54 Å². The molecule has 0 unspecified atom stereocenters. The molecule has 0 radical (unpaired) electrons. The summed E-state index contributed by atoms with van der Waals surface area (Å²) in [7, 11) is 0. The Balaban J connectivity index is 1.74. The van der Waals surface area contributed by atoms with E-state index in [-0.39, 0.29) is 19.4 Å². The smallest absolute Gasteiger partial charge is 0.307 e. The van der Waals surface area contributed by atoms with Crippen molar-refractivity contribution in [3.8, 4) is 0 Å². The van der Waals surface area contributed by atoms with Gasteiger partial charge in [-0.1, -0.05) is 6.07 Å². The van der Waals surface area contributed by atoms with Crippen molar-refractivity contribution < 1.29 is 13.2 Å². The Morgan fingerprint density at radius 2 is 2.11 bits per heavy atom. The summed E-state index contributed by atoms with van der Waals surface area (Å²) < 4.78 is 39.9. The number of hydrogen-bond donors (Lipinski definition) is 1. The zero-order valence-corrected chi connectivity index (χ0v) is 9.54. The molecule has 3 rings (SSSR count). The van der Waals surface area contributed by atoms with Crippen LogP contribution in [-0.4, -0.2) is 21.1 Å². The number of nitrogens with zero attached hydrogens (tertiary/aromatic N) is 2. The second-order valence-electron chi connectivity index (χ2n) is 4.63. The van der Waals surface area contributed by atoms with Crippen molar-refractivity contribution in [1.29, 1.82) is 0 Å². The molecule has 18 heavy (non-hydrogen) atoms. The van der Waals surface area contributed by atoms with E-state index >= 15 is 0 Å². The summed E-state index contributed by atoms with van der Waals surface area (Å²) >= 11 is 0. The Labute approximate surface area is 102 Å². The molecule has 2 heterocycles. The molecule has 1 aliphatic carbocycles. The van der Waals surface area contributed by atoms with Crippen molar-refractivity contribution >= 4 is 5.65 Å². The van der Waals surface area contributed by atoms with Crippen LogP contribution in [0.5, 0.6) is 0 Å². The monoisotopic (exact) mass is 255 g/mol. The van der Waals surface area contributed by atoms with Gasteiger partial charge in [-0.15, -0.1) is 0 Å². The lowest BCUT2D eigenvalue weighted by Gasteiger charge is -2.19. The normalized spacial score (nSPS) is 18.2. The predicted molar refractivity (Wildman–Crippen MR) is 60.1 cm³/mol. The highest BCUT2D eigenvalue weighted by molar-refractivity contribution is 5.39. The van der Waals surface area contributed by atoms with Gasteiger partial charge in [-0.3, -0.25) is 5.32 Å². The lowest BCUT2D eigenvalue weighted by Crippen LogP contribution is -2.44. The number of fused-ring (bicyclic) bond motifs is 1. The Morgan fingerprint density at radius 1 is 1.33 bits per heavy atom. The minimum atomic E-state index is -4.17. The minimum Gasteiger partial charge on any atom is -0.307 e. The molecule has 6 heteroatoms. The Hall–Kier alpha value is -1.56. The minimum absolute atomic E-state index is 0.140. The number of pyridine rings is 1. The summed E-state index contributed by atoms with van der Waals surface area (Å²) in [6.07, 6.45) is -0.294. The van der Waals surface area contributed by atoms with Crippen molar-refractivity contribution in [3.63, 3.8) is 0 Å². The third kappa shape index (κ3) is 1.86. The van der Waals surface area contributed by atoms with E-state index in [1.165, 1.54) is 0 Å². The molecule has 2 aromatic rings. The van der Waals surface area contributed by atoms with Crippen LogP contribution in [0, 0.1) is 0 Å². The third-order valence-corrected chi connectivity index (χ3v) is 3.31. The number of aromatic nitrogens is 2. The highest BCUT2D eigenvalue weighted by atomic mass is 19.4. The standard InChI is InChI=1S/C12H12F3N3/c13-12(14,15)11(4-5-11)16-7-9-8-18-6-2-1-3-10(18)17-9/h1-3,6,8,16H,4-5,7H2. The van der Waals surface area contributed by atoms with Crippen molar-refractivity contribution in [2.24, 2.45) is 0 Å². The van der Waals surface area contributed by atoms with Gasteiger partial charge in [0.15, 0.2) is 0 Å². The van der Waals surface area contributed by atoms with Crippen LogP contribution >= 0.6 is 0 Å². The fraction of sp³-hybridized carbons (Fsp3) is 0.417. The van der Waals surface area contributed by atoms with Crippen LogP contribution in [0.25, 0.3) is 5.65 Å². The van der Waals surface area contributed by atoms with Crippen LogP contribution in [0.4, 0.5) is 13.2 Å². The highest BCUT2D eigenvalue weighted by Gasteiger charge is 2.62. The first-order valence-corrected chi connectivity index (χ1v) is 5.75. The molecule has 2 aromatic heterocycles. The van der Waals surface area contributed by atoms with E-state index in [4.69, 9.17) is 0 Å². The van der Waals surface area contributed by atoms with Gasteiger partial charge in [-0.05, 0) is 25.0 Å². The van der Waals surface area contributed by atoms with Crippen LogP contribution in [0.2, 0.25) is 0 Å². The average molecular weight is 255 g/mol. The lowest BCUT2D eigenvalue weighted by atomic mass is 10.2. The number of rotatable bonds is 3. The van der Waals surface area contributed by atoms with Crippen LogP contribution in [0.3, 0.4) is 0 Å². The fourth-order valence-corrected chi connectivity index (χ4v) is 2.02. The SMILES string of the molecule is FC(F)(F)C1(NCc2cn3ccccc3n2)CC1. The Bertz CT molecular complexity index is 536. The second kappa shape index (κ2) is 3.71. The van der Waals surface area contributed by atoms with Crippen LogP contribution in [0.15, 0.2) is 30.6 Å². The molecule has 0 spiro atoms. The maximum absolute atomic E-state index is 12.7. The third-order valence-electron chi connectivity index (χ3n) is 3.31. The van der Waals surface area contributed by atoms with E-state index in [9.17, 15) is 13.2 Å². The summed E-state index contributed by atoms with van der Waals surface area (Å²) in [5.74, 6) is 0. The number of halogens is 3. The first-order valence-electron chi connectivity index (χ1n) is 5.75. The number of imidazole rings is 1. The quantitative estimate of drug-likeness (QED) is 0.913. The molecule has 96 valence electrons. The second-order valence-corrected chi connectivity index (χ2v) is 4.63. The molecule has 0 saturated heterocycles. The first kappa shape index (κ1) is 11.5. The van der Waals surface area contributed by atoms with Crippen molar-refractivity contribution in [3.05, 3.63) is 36.3 Å². The molecule has 0 atom stereocenters. The van der Waals surface area contributed by atoms with Crippen molar-refractivity contribution in [2.75, 3.05) is 0 Å². The Kier molecular flexibility index (Phi) is 2.38. The summed E-state index contributed by atoms with van der Waals surface area (Å²) in [5, 5.41) is 2.59. The largest absolute Gasteiger partial charge is 0.406 e. The molecule has 0 aromatic carbocycles.